The molecule has 0 saturated carbocycles. The van der Waals surface area contributed by atoms with Crippen LogP contribution in [0.3, 0.4) is 0 Å². The van der Waals surface area contributed by atoms with Gasteiger partial charge in [0.2, 0.25) is 0 Å². The van der Waals surface area contributed by atoms with E-state index in [2.05, 4.69) is 121 Å². The topological polar surface area (TPSA) is 0 Å². The maximum Gasteiger partial charge on any atom is 0.116 e. The van der Waals surface area contributed by atoms with Crippen LogP contribution >= 0.6 is 7.26 Å². The zero-order valence-electron chi connectivity index (χ0n) is 18.1. The molecule has 0 bridgehead atoms. The van der Waals surface area contributed by atoms with E-state index in [1.807, 2.05) is 0 Å². The Balaban J connectivity index is 1.65. The van der Waals surface area contributed by atoms with Crippen LogP contribution in [0.15, 0.2) is 121 Å². The molecule has 1 aliphatic carbocycles. The summed E-state index contributed by atoms with van der Waals surface area (Å²) < 4.78 is 0. The largest absolute Gasteiger partial charge is 0.116 e. The van der Waals surface area contributed by atoms with Gasteiger partial charge in [0.1, 0.15) is 23.2 Å². The third kappa shape index (κ3) is 3.10. The molecule has 0 fully saturated rings. The Morgan fingerprint density at radius 2 is 0.969 bits per heavy atom. The van der Waals surface area contributed by atoms with Crippen LogP contribution in [0.5, 0.6) is 0 Å². The van der Waals surface area contributed by atoms with Crippen molar-refractivity contribution in [2.24, 2.45) is 0 Å². The molecule has 0 atom stereocenters. The molecular formula is C31H26P+. The maximum atomic E-state index is 2.41. The zero-order chi connectivity index (χ0) is 21.4. The van der Waals surface area contributed by atoms with E-state index in [0.717, 1.165) is 6.16 Å². The molecule has 0 aliphatic heterocycles. The van der Waals surface area contributed by atoms with Gasteiger partial charge in [0, 0.05) is 0 Å². The summed E-state index contributed by atoms with van der Waals surface area (Å²) in [5.41, 5.74) is 4.50. The van der Waals surface area contributed by atoms with Crippen molar-refractivity contribution in [2.45, 2.75) is 19.0 Å². The molecule has 0 N–H and O–H groups in total. The first-order chi connectivity index (χ1) is 15.9. The van der Waals surface area contributed by atoms with Crippen molar-refractivity contribution in [3.05, 3.63) is 138 Å². The summed E-state index contributed by atoms with van der Waals surface area (Å²) >= 11 is 0. The van der Waals surface area contributed by atoms with Crippen LogP contribution in [-0.4, -0.2) is 0 Å². The summed E-state index contributed by atoms with van der Waals surface area (Å²) in [6, 6.07) is 45.4. The van der Waals surface area contributed by atoms with Crippen molar-refractivity contribution in [3.63, 3.8) is 0 Å². The van der Waals surface area contributed by atoms with Gasteiger partial charge in [0.05, 0.1) is 6.16 Å². The van der Waals surface area contributed by atoms with Gasteiger partial charge in [-0.25, -0.2) is 0 Å². The highest BCUT2D eigenvalue weighted by Crippen LogP contribution is 2.58. The highest BCUT2D eigenvalue weighted by molar-refractivity contribution is 7.95. The predicted molar refractivity (Wildman–Crippen MR) is 140 cm³/mol. The molecule has 0 amide bonds. The number of hydrogen-bond donors (Lipinski definition) is 0. The van der Waals surface area contributed by atoms with E-state index in [0.29, 0.717) is 0 Å². The Morgan fingerprint density at radius 3 is 1.50 bits per heavy atom. The van der Waals surface area contributed by atoms with Gasteiger partial charge in [-0.3, -0.25) is 0 Å². The molecule has 0 radical (unpaired) electrons. The second kappa shape index (κ2) is 8.05. The second-order valence-corrected chi connectivity index (χ2v) is 12.2. The number of rotatable bonds is 5. The Kier molecular flexibility index (Phi) is 4.90. The SMILES string of the molecule is c1ccc([P+](Cc2ccc3c4c(cccc24)CC3)(c2ccccc2)c2ccccc2)cc1. The van der Waals surface area contributed by atoms with Gasteiger partial charge in [0.15, 0.2) is 0 Å². The molecular weight excluding hydrogens is 403 g/mol. The van der Waals surface area contributed by atoms with Crippen LogP contribution in [0.2, 0.25) is 0 Å². The molecule has 0 unspecified atom stereocenters. The van der Waals surface area contributed by atoms with E-state index in [1.54, 1.807) is 0 Å². The lowest BCUT2D eigenvalue weighted by molar-refractivity contribution is 1.02. The van der Waals surface area contributed by atoms with Crippen molar-refractivity contribution < 1.29 is 0 Å². The molecule has 0 nitrogen and oxygen atoms in total. The average molecular weight is 430 g/mol. The lowest BCUT2D eigenvalue weighted by Gasteiger charge is -2.28. The summed E-state index contributed by atoms with van der Waals surface area (Å²) in [5.74, 6) is 0. The van der Waals surface area contributed by atoms with Gasteiger partial charge in [-0.2, -0.15) is 0 Å². The van der Waals surface area contributed by atoms with Crippen LogP contribution in [0.25, 0.3) is 10.8 Å². The molecule has 0 heterocycles. The van der Waals surface area contributed by atoms with Crippen molar-refractivity contribution in [2.75, 3.05) is 0 Å². The number of hydrogen-bond acceptors (Lipinski definition) is 0. The molecule has 0 spiro atoms. The summed E-state index contributed by atoms with van der Waals surface area (Å²) in [7, 11) is -1.89. The Bertz CT molecular complexity index is 1270. The summed E-state index contributed by atoms with van der Waals surface area (Å²) in [6.45, 7) is 0. The van der Waals surface area contributed by atoms with E-state index >= 15 is 0 Å². The van der Waals surface area contributed by atoms with Crippen LogP contribution < -0.4 is 15.9 Å². The van der Waals surface area contributed by atoms with Gasteiger partial charge >= 0.3 is 0 Å². The molecule has 6 rings (SSSR count). The first kappa shape index (κ1) is 19.5. The fourth-order valence-electron chi connectivity index (χ4n) is 5.47. The fraction of sp³-hybridized carbons (Fsp3) is 0.0968. The molecule has 5 aromatic rings. The van der Waals surface area contributed by atoms with Gasteiger partial charge in [0.25, 0.3) is 0 Å². The highest BCUT2D eigenvalue weighted by Gasteiger charge is 2.45. The van der Waals surface area contributed by atoms with Gasteiger partial charge in [-0.15, -0.1) is 0 Å². The predicted octanol–water partition coefficient (Wildman–Crippen LogP) is 6.43. The fourth-order valence-corrected chi connectivity index (χ4v) is 9.74. The van der Waals surface area contributed by atoms with Gasteiger partial charge < -0.3 is 0 Å². The molecule has 154 valence electrons. The van der Waals surface area contributed by atoms with Crippen LogP contribution in [0, 0.1) is 0 Å². The lowest BCUT2D eigenvalue weighted by Crippen LogP contribution is -2.32. The van der Waals surface area contributed by atoms with Crippen molar-refractivity contribution in [1.82, 2.24) is 0 Å². The van der Waals surface area contributed by atoms with Gasteiger partial charge in [-0.05, 0) is 76.7 Å². The van der Waals surface area contributed by atoms with Crippen molar-refractivity contribution >= 4 is 33.9 Å². The third-order valence-electron chi connectivity index (χ3n) is 6.97. The normalized spacial score (nSPS) is 12.9. The average Bonchev–Trinajstić information content (AvgIpc) is 3.30. The van der Waals surface area contributed by atoms with E-state index in [-0.39, 0.29) is 0 Å². The molecule has 1 heteroatoms. The maximum absolute atomic E-state index is 2.41. The first-order valence-corrected chi connectivity index (χ1v) is 13.4. The first-order valence-electron chi connectivity index (χ1n) is 11.4. The minimum Gasteiger partial charge on any atom is -0.0620 e. The second-order valence-electron chi connectivity index (χ2n) is 8.70. The standard InChI is InChI=1S/C31H26P/c1-4-12-27(13-5-1)32(28-14-6-2-7-15-28,29-16-8-3-9-17-29)23-26-22-21-25-20-19-24-11-10-18-30(26)31(24)25/h1-18,21-22H,19-20,23H2/q+1. The molecule has 32 heavy (non-hydrogen) atoms. The Labute approximate surface area is 190 Å². The van der Waals surface area contributed by atoms with Crippen LogP contribution in [0.1, 0.15) is 16.7 Å². The van der Waals surface area contributed by atoms with E-state index in [1.165, 1.54) is 56.2 Å². The number of aryl methyl sites for hydroxylation is 2. The zero-order valence-corrected chi connectivity index (χ0v) is 19.0. The Hall–Kier alpha value is -3.21. The third-order valence-corrected chi connectivity index (χ3v) is 11.3. The molecule has 0 saturated heterocycles. The van der Waals surface area contributed by atoms with Gasteiger partial charge in [-0.1, -0.05) is 84.9 Å². The minimum absolute atomic E-state index is 1.03. The van der Waals surface area contributed by atoms with E-state index in [9.17, 15) is 0 Å². The smallest absolute Gasteiger partial charge is 0.0620 e. The molecule has 5 aromatic carbocycles. The monoisotopic (exact) mass is 429 g/mol. The summed E-state index contributed by atoms with van der Waals surface area (Å²) in [6.07, 6.45) is 3.38. The molecule has 0 aromatic heterocycles. The summed E-state index contributed by atoms with van der Waals surface area (Å²) in [4.78, 5) is 0. The molecule has 1 aliphatic rings. The van der Waals surface area contributed by atoms with E-state index in [4.69, 9.17) is 0 Å². The van der Waals surface area contributed by atoms with E-state index < -0.39 is 7.26 Å². The van der Waals surface area contributed by atoms with Crippen molar-refractivity contribution in [1.29, 1.82) is 0 Å². The number of benzene rings is 5. The minimum atomic E-state index is -1.89. The quantitative estimate of drug-likeness (QED) is 0.282. The Morgan fingerprint density at radius 1 is 0.469 bits per heavy atom. The van der Waals surface area contributed by atoms with Crippen molar-refractivity contribution in [3.8, 4) is 0 Å². The van der Waals surface area contributed by atoms with Crippen LogP contribution in [-0.2, 0) is 19.0 Å². The summed E-state index contributed by atoms with van der Waals surface area (Å²) in [5, 5.41) is 7.30. The van der Waals surface area contributed by atoms with Crippen LogP contribution in [0.4, 0.5) is 0 Å². The lowest BCUT2D eigenvalue weighted by atomic mass is 10.0. The highest BCUT2D eigenvalue weighted by atomic mass is 31.2.